The van der Waals surface area contributed by atoms with Gasteiger partial charge in [0.05, 0.1) is 0 Å². The van der Waals surface area contributed by atoms with Crippen LogP contribution in [0, 0.1) is 5.92 Å². The molecule has 9 heavy (non-hydrogen) atoms. The average Bonchev–Trinajstić information content (AvgIpc) is 1.65. The van der Waals surface area contributed by atoms with Crippen LogP contribution in [0.15, 0.2) is 0 Å². The molecule has 0 aliphatic rings. The summed E-state index contributed by atoms with van der Waals surface area (Å²) in [6, 6.07) is 0. The topological polar surface area (TPSA) is 63.3 Å². The highest BCUT2D eigenvalue weighted by molar-refractivity contribution is 5.78. The van der Waals surface area contributed by atoms with Gasteiger partial charge in [-0.3, -0.25) is 4.79 Å². The minimum absolute atomic E-state index is 0.0324. The first kappa shape index (κ1) is 8.43. The second kappa shape index (κ2) is 2.35. The van der Waals surface area contributed by atoms with Crippen LogP contribution >= 0.6 is 0 Å². The van der Waals surface area contributed by atoms with Crippen LogP contribution in [0.4, 0.5) is 0 Å². The van der Waals surface area contributed by atoms with Gasteiger partial charge in [0, 0.05) is 0 Å². The largest absolute Gasteiger partial charge is 0.480 e. The van der Waals surface area contributed by atoms with Crippen molar-refractivity contribution in [3.05, 3.63) is 0 Å². The quantitative estimate of drug-likeness (QED) is 0.426. The van der Waals surface area contributed by atoms with E-state index in [-0.39, 0.29) is 5.92 Å². The van der Waals surface area contributed by atoms with Crippen LogP contribution in [-0.2, 0) is 4.79 Å². The highest BCUT2D eigenvalue weighted by Crippen LogP contribution is 2.11. The van der Waals surface area contributed by atoms with Crippen LogP contribution in [0.5, 0.6) is 0 Å². The molecule has 0 saturated carbocycles. The van der Waals surface area contributed by atoms with Crippen molar-refractivity contribution >= 4 is 5.97 Å². The van der Waals surface area contributed by atoms with Gasteiger partial charge in [-0.25, -0.2) is 0 Å². The van der Waals surface area contributed by atoms with Crippen molar-refractivity contribution in [2.24, 2.45) is 11.7 Å². The van der Waals surface area contributed by atoms with Crippen molar-refractivity contribution in [1.29, 1.82) is 0 Å². The molecule has 3 N–H and O–H groups in total. The second-order valence-electron chi connectivity index (χ2n) is 2.74. The van der Waals surface area contributed by atoms with E-state index in [9.17, 15) is 4.79 Å². The van der Waals surface area contributed by atoms with Gasteiger partial charge in [0.15, 0.2) is 0 Å². The highest BCUT2D eigenvalue weighted by Gasteiger charge is 2.31. The molecule has 3 nitrogen and oxygen atoms in total. The summed E-state index contributed by atoms with van der Waals surface area (Å²) in [5, 5.41) is 8.49. The Balaban J connectivity index is 4.19. The summed E-state index contributed by atoms with van der Waals surface area (Å²) in [7, 11) is 0. The Kier molecular flexibility index (Phi) is 2.20. The van der Waals surface area contributed by atoms with E-state index in [0.29, 0.717) is 0 Å². The van der Waals surface area contributed by atoms with E-state index in [2.05, 4.69) is 0 Å². The lowest BCUT2D eigenvalue weighted by Gasteiger charge is -2.22. The van der Waals surface area contributed by atoms with Gasteiger partial charge < -0.3 is 10.8 Å². The van der Waals surface area contributed by atoms with Gasteiger partial charge in [0.25, 0.3) is 0 Å². The molecule has 0 aromatic heterocycles. The fourth-order valence-corrected chi connectivity index (χ4v) is 0.247. The van der Waals surface area contributed by atoms with Gasteiger partial charge in [-0.2, -0.15) is 0 Å². The molecule has 0 bridgehead atoms. The molecule has 0 heterocycles. The van der Waals surface area contributed by atoms with E-state index < -0.39 is 11.5 Å². The van der Waals surface area contributed by atoms with Crippen LogP contribution < -0.4 is 5.73 Å². The van der Waals surface area contributed by atoms with Crippen molar-refractivity contribution in [2.75, 3.05) is 0 Å². The SMILES string of the molecule is C[13CH](C)[13C@](C)([15NH2])[13C](=O)O. The molecule has 0 aliphatic heterocycles. The summed E-state index contributed by atoms with van der Waals surface area (Å²) in [6.45, 7) is 5.09. The average molecular weight is 135 g/mol. The number of carboxylic acid groups (broad SMARTS) is 1. The molecule has 1 atom stereocenters. The zero-order valence-electron chi connectivity index (χ0n) is 6.01. The minimum Gasteiger partial charge on any atom is -0.480 e. The molecule has 54 valence electrons. The molecular weight excluding hydrogens is 122 g/mol. The minimum atomic E-state index is -1.08. The number of aliphatic carboxylic acids is 1. The number of rotatable bonds is 2. The fraction of sp³-hybridized carbons (Fsp3) is 0.833. The molecule has 0 spiro atoms. The number of carboxylic acids is 1. The van der Waals surface area contributed by atoms with E-state index in [1.165, 1.54) is 6.92 Å². The fourth-order valence-electron chi connectivity index (χ4n) is 0.247. The summed E-state index contributed by atoms with van der Waals surface area (Å²) in [5.41, 5.74) is 4.32. The Hall–Kier alpha value is -0.570. The van der Waals surface area contributed by atoms with Crippen molar-refractivity contribution < 1.29 is 9.90 Å². The van der Waals surface area contributed by atoms with Gasteiger partial charge in [-0.1, -0.05) is 13.8 Å². The first-order valence-electron chi connectivity index (χ1n) is 2.91. The molecule has 0 fully saturated rings. The van der Waals surface area contributed by atoms with E-state index in [4.69, 9.17) is 10.8 Å². The van der Waals surface area contributed by atoms with E-state index >= 15 is 0 Å². The standard InChI is InChI=1S/C6H13NO2/c1-4(2)6(3,7)5(8)9/h4H,7H2,1-3H3,(H,8,9)/t6-/m0/s1/i4+1,5+1,6+1,7+1. The molecule has 0 aromatic carbocycles. The molecule has 0 unspecified atom stereocenters. The Morgan fingerprint density at radius 1 is 1.67 bits per heavy atom. The Morgan fingerprint density at radius 2 is 2.00 bits per heavy atom. The van der Waals surface area contributed by atoms with Crippen LogP contribution in [0.3, 0.4) is 0 Å². The van der Waals surface area contributed by atoms with Gasteiger partial charge in [-0.05, 0) is 12.8 Å². The second-order valence-corrected chi connectivity index (χ2v) is 2.74. The lowest BCUT2D eigenvalue weighted by Crippen LogP contribution is -2.49. The number of hydrogen-bond acceptors (Lipinski definition) is 2. The number of nitrogens with two attached hydrogens (primary N) is 1. The van der Waals surface area contributed by atoms with Crippen LogP contribution in [-0.4, -0.2) is 16.6 Å². The summed E-state index contributed by atoms with van der Waals surface area (Å²) < 4.78 is 0. The summed E-state index contributed by atoms with van der Waals surface area (Å²) in [5.74, 6) is -0.979. The lowest BCUT2D eigenvalue weighted by molar-refractivity contribution is -0.144. The molecule has 0 saturated heterocycles. The van der Waals surface area contributed by atoms with Crippen LogP contribution in [0.1, 0.15) is 20.8 Å². The Labute approximate surface area is 54.9 Å². The number of hydrogen-bond donors (Lipinski definition) is 2. The lowest BCUT2D eigenvalue weighted by atomic mass is 10.6. The van der Waals surface area contributed by atoms with Crippen molar-refractivity contribution in [3.63, 3.8) is 0 Å². The van der Waals surface area contributed by atoms with Crippen LogP contribution in [0.25, 0.3) is 0 Å². The molecule has 0 aliphatic carbocycles. The smallest absolute Gasteiger partial charge is 0.323 e. The molecular formula is C6H13NO2. The van der Waals surface area contributed by atoms with Gasteiger partial charge in [0.1, 0.15) is 5.54 Å². The highest BCUT2D eigenvalue weighted by atomic mass is 16.5. The first-order valence-corrected chi connectivity index (χ1v) is 2.91. The van der Waals surface area contributed by atoms with Crippen molar-refractivity contribution in [1.82, 2.24) is 0 Å². The Bertz CT molecular complexity index is 118. The third kappa shape index (κ3) is 1.68. The first-order chi connectivity index (χ1) is 3.89. The maximum atomic E-state index is 10.3. The van der Waals surface area contributed by atoms with E-state index in [0.717, 1.165) is 0 Å². The normalized spacial score (nSPS) is 17.4. The van der Waals surface area contributed by atoms with E-state index in [1.54, 1.807) is 13.8 Å². The predicted octanol–water partition coefficient (Wildman–Crippen LogP) is 0.444. The summed E-state index contributed by atoms with van der Waals surface area (Å²) in [4.78, 5) is 10.3. The third-order valence-corrected chi connectivity index (χ3v) is 1.66. The van der Waals surface area contributed by atoms with Gasteiger partial charge in [0.2, 0.25) is 0 Å². The van der Waals surface area contributed by atoms with E-state index in [1.807, 2.05) is 0 Å². The maximum Gasteiger partial charge on any atom is 0.323 e. The predicted molar refractivity (Wildman–Crippen MR) is 35.1 cm³/mol. The van der Waals surface area contributed by atoms with Gasteiger partial charge >= 0.3 is 5.97 Å². The van der Waals surface area contributed by atoms with Gasteiger partial charge in [-0.15, -0.1) is 0 Å². The Morgan fingerprint density at radius 3 is 2.00 bits per heavy atom. The molecule has 0 radical (unpaired) electrons. The van der Waals surface area contributed by atoms with Crippen LogP contribution in [0.2, 0.25) is 0 Å². The molecule has 0 amide bonds. The summed E-state index contributed by atoms with van der Waals surface area (Å²) >= 11 is 0. The number of carbonyl (C=O) groups is 1. The third-order valence-electron chi connectivity index (χ3n) is 1.66. The van der Waals surface area contributed by atoms with Crippen molar-refractivity contribution in [3.8, 4) is 0 Å². The monoisotopic (exact) mass is 135 g/mol. The van der Waals surface area contributed by atoms with Crippen molar-refractivity contribution in [2.45, 2.75) is 26.3 Å². The molecule has 0 rings (SSSR count). The zero-order valence-corrected chi connectivity index (χ0v) is 6.01. The maximum absolute atomic E-state index is 10.3. The summed E-state index contributed by atoms with van der Waals surface area (Å²) in [6.07, 6.45) is 0. The zero-order chi connectivity index (χ0) is 7.65. The molecule has 0 aromatic rings. The molecule has 3 heteroatoms.